The fraction of sp³-hybridized carbons (Fsp3) is 0.364. The summed E-state index contributed by atoms with van der Waals surface area (Å²) >= 11 is 1.51. The van der Waals surface area contributed by atoms with Gasteiger partial charge in [0.25, 0.3) is 0 Å². The first kappa shape index (κ1) is 10.0. The van der Waals surface area contributed by atoms with Crippen molar-refractivity contribution in [1.82, 2.24) is 0 Å². The van der Waals surface area contributed by atoms with E-state index in [1.54, 1.807) is 0 Å². The third-order valence-corrected chi connectivity index (χ3v) is 2.59. The molecule has 0 aliphatic heterocycles. The van der Waals surface area contributed by atoms with Crippen LogP contribution in [0, 0.1) is 11.8 Å². The fourth-order valence-electron chi connectivity index (χ4n) is 1.02. The van der Waals surface area contributed by atoms with Crippen molar-refractivity contribution in [3.05, 3.63) is 22.4 Å². The van der Waals surface area contributed by atoms with E-state index in [0.717, 1.165) is 17.7 Å². The molecule has 0 aliphatic rings. The lowest BCUT2D eigenvalue weighted by molar-refractivity contribution is 0.0984. The summed E-state index contributed by atoms with van der Waals surface area (Å²) in [5, 5.41) is 1.93. The summed E-state index contributed by atoms with van der Waals surface area (Å²) in [6.07, 6.45) is 2.32. The molecule has 1 nitrogen and oxygen atoms in total. The normalized spacial score (nSPS) is 9.00. The van der Waals surface area contributed by atoms with Crippen molar-refractivity contribution in [2.45, 2.75) is 26.2 Å². The number of carbonyl (C=O) groups is 1. The van der Waals surface area contributed by atoms with Crippen molar-refractivity contribution in [3.63, 3.8) is 0 Å². The lowest BCUT2D eigenvalue weighted by Crippen LogP contribution is -1.94. The first-order chi connectivity index (χ1) is 6.34. The summed E-state index contributed by atoms with van der Waals surface area (Å²) in [5.41, 5.74) is 0. The fourth-order valence-corrected chi connectivity index (χ4v) is 1.72. The van der Waals surface area contributed by atoms with Gasteiger partial charge in [-0.15, -0.1) is 23.2 Å². The van der Waals surface area contributed by atoms with Gasteiger partial charge in [0, 0.05) is 12.8 Å². The first-order valence-electron chi connectivity index (χ1n) is 4.31. The minimum Gasteiger partial charge on any atom is -0.293 e. The number of thiophene rings is 1. The van der Waals surface area contributed by atoms with Crippen molar-refractivity contribution in [2.75, 3.05) is 0 Å². The highest BCUT2D eigenvalue weighted by Gasteiger charge is 2.04. The molecule has 0 saturated carbocycles. The zero-order valence-electron chi connectivity index (χ0n) is 7.67. The van der Waals surface area contributed by atoms with Crippen LogP contribution in [-0.4, -0.2) is 5.78 Å². The number of carbonyl (C=O) groups excluding carboxylic acids is 1. The van der Waals surface area contributed by atoms with Crippen molar-refractivity contribution in [3.8, 4) is 11.8 Å². The third kappa shape index (κ3) is 3.43. The molecule has 0 saturated heterocycles. The topological polar surface area (TPSA) is 17.1 Å². The largest absolute Gasteiger partial charge is 0.293 e. The van der Waals surface area contributed by atoms with Gasteiger partial charge in [-0.05, 0) is 24.8 Å². The maximum atomic E-state index is 11.4. The third-order valence-electron chi connectivity index (χ3n) is 1.68. The second-order valence-corrected chi connectivity index (χ2v) is 3.63. The quantitative estimate of drug-likeness (QED) is 0.407. The Balaban J connectivity index is 2.29. The summed E-state index contributed by atoms with van der Waals surface area (Å²) in [6.45, 7) is 1.82. The number of unbranched alkanes of at least 4 members (excludes halogenated alkanes) is 1. The first-order valence-corrected chi connectivity index (χ1v) is 5.19. The van der Waals surface area contributed by atoms with Gasteiger partial charge in [0.05, 0.1) is 4.88 Å². The van der Waals surface area contributed by atoms with E-state index in [1.807, 2.05) is 24.4 Å². The SMILES string of the molecule is CC#CCCCC(=O)c1cccs1. The maximum absolute atomic E-state index is 11.4. The van der Waals surface area contributed by atoms with Gasteiger partial charge in [0.2, 0.25) is 0 Å². The van der Waals surface area contributed by atoms with Crippen molar-refractivity contribution in [2.24, 2.45) is 0 Å². The zero-order chi connectivity index (χ0) is 9.52. The highest BCUT2D eigenvalue weighted by molar-refractivity contribution is 7.12. The molecule has 1 aromatic rings. The Morgan fingerprint density at radius 3 is 3.08 bits per heavy atom. The second kappa shape index (κ2) is 5.55. The molecular weight excluding hydrogens is 180 g/mol. The van der Waals surface area contributed by atoms with Crippen LogP contribution >= 0.6 is 11.3 Å². The van der Waals surface area contributed by atoms with Crippen LogP contribution in [0.15, 0.2) is 17.5 Å². The lowest BCUT2D eigenvalue weighted by atomic mass is 10.1. The molecule has 0 amide bonds. The van der Waals surface area contributed by atoms with Gasteiger partial charge in [-0.2, -0.15) is 0 Å². The highest BCUT2D eigenvalue weighted by atomic mass is 32.1. The molecule has 0 fully saturated rings. The molecule has 0 atom stereocenters. The molecule has 0 aliphatic carbocycles. The van der Waals surface area contributed by atoms with Crippen LogP contribution < -0.4 is 0 Å². The van der Waals surface area contributed by atoms with E-state index in [-0.39, 0.29) is 5.78 Å². The summed E-state index contributed by atoms with van der Waals surface area (Å²) < 4.78 is 0. The van der Waals surface area contributed by atoms with Crippen molar-refractivity contribution >= 4 is 17.1 Å². The van der Waals surface area contributed by atoms with Crippen LogP contribution in [0.2, 0.25) is 0 Å². The Hall–Kier alpha value is -1.07. The molecule has 0 radical (unpaired) electrons. The summed E-state index contributed by atoms with van der Waals surface area (Å²) in [7, 11) is 0. The number of ketones is 1. The number of hydrogen-bond donors (Lipinski definition) is 0. The van der Waals surface area contributed by atoms with Gasteiger partial charge >= 0.3 is 0 Å². The van der Waals surface area contributed by atoms with Gasteiger partial charge in [0.15, 0.2) is 5.78 Å². The van der Waals surface area contributed by atoms with Crippen LogP contribution in [0.1, 0.15) is 35.9 Å². The molecule has 0 unspecified atom stereocenters. The van der Waals surface area contributed by atoms with Crippen LogP contribution in [0.25, 0.3) is 0 Å². The molecule has 1 heterocycles. The Labute approximate surface area is 82.8 Å². The standard InChI is InChI=1S/C11H12OS/c1-2-3-4-5-7-10(12)11-8-6-9-13-11/h6,8-9H,4-5,7H2,1H3. The van der Waals surface area contributed by atoms with E-state index in [0.29, 0.717) is 6.42 Å². The molecule has 68 valence electrons. The monoisotopic (exact) mass is 192 g/mol. The van der Waals surface area contributed by atoms with Crippen LogP contribution in [0.4, 0.5) is 0 Å². The number of Topliss-reactive ketones (excluding diaryl/α,β-unsaturated/α-hetero) is 1. The van der Waals surface area contributed by atoms with E-state index in [4.69, 9.17) is 0 Å². The summed E-state index contributed by atoms with van der Waals surface area (Å²) in [6, 6.07) is 3.78. The van der Waals surface area contributed by atoms with Crippen molar-refractivity contribution < 1.29 is 4.79 Å². The zero-order valence-corrected chi connectivity index (χ0v) is 8.49. The minimum atomic E-state index is 0.243. The summed E-state index contributed by atoms with van der Waals surface area (Å²) in [5.74, 6) is 6.01. The smallest absolute Gasteiger partial charge is 0.172 e. The van der Waals surface area contributed by atoms with E-state index in [9.17, 15) is 4.79 Å². The molecule has 2 heteroatoms. The summed E-state index contributed by atoms with van der Waals surface area (Å²) in [4.78, 5) is 12.3. The van der Waals surface area contributed by atoms with Gasteiger partial charge in [-0.1, -0.05) is 6.07 Å². The predicted octanol–water partition coefficient (Wildman–Crippen LogP) is 3.12. The minimum absolute atomic E-state index is 0.243. The lowest BCUT2D eigenvalue weighted by Gasteiger charge is -1.93. The molecule has 1 aromatic heterocycles. The molecule has 1 rings (SSSR count). The molecular formula is C11H12OS. The Bertz CT molecular complexity index is 314. The van der Waals surface area contributed by atoms with Gasteiger partial charge < -0.3 is 0 Å². The van der Waals surface area contributed by atoms with Gasteiger partial charge in [0.1, 0.15) is 0 Å². The molecule has 0 bridgehead atoms. The average molecular weight is 192 g/mol. The molecule has 0 spiro atoms. The molecule has 13 heavy (non-hydrogen) atoms. The maximum Gasteiger partial charge on any atom is 0.172 e. The van der Waals surface area contributed by atoms with Crippen LogP contribution in [-0.2, 0) is 0 Å². The Morgan fingerprint density at radius 1 is 1.62 bits per heavy atom. The Kier molecular flexibility index (Phi) is 4.28. The van der Waals surface area contributed by atoms with E-state index < -0.39 is 0 Å². The highest BCUT2D eigenvalue weighted by Crippen LogP contribution is 2.12. The van der Waals surface area contributed by atoms with Crippen LogP contribution in [0.3, 0.4) is 0 Å². The number of rotatable bonds is 4. The van der Waals surface area contributed by atoms with Crippen LogP contribution in [0.5, 0.6) is 0 Å². The number of hydrogen-bond acceptors (Lipinski definition) is 2. The second-order valence-electron chi connectivity index (χ2n) is 2.68. The van der Waals surface area contributed by atoms with Gasteiger partial charge in [-0.25, -0.2) is 0 Å². The molecule has 0 aromatic carbocycles. The average Bonchev–Trinajstić information content (AvgIpc) is 2.65. The van der Waals surface area contributed by atoms with Gasteiger partial charge in [-0.3, -0.25) is 4.79 Å². The Morgan fingerprint density at radius 2 is 2.46 bits per heavy atom. The molecule has 0 N–H and O–H groups in total. The van der Waals surface area contributed by atoms with E-state index >= 15 is 0 Å². The van der Waals surface area contributed by atoms with Crippen molar-refractivity contribution in [1.29, 1.82) is 0 Å². The predicted molar refractivity (Wildman–Crippen MR) is 56.0 cm³/mol. The van der Waals surface area contributed by atoms with E-state index in [1.165, 1.54) is 11.3 Å². The van der Waals surface area contributed by atoms with E-state index in [2.05, 4.69) is 11.8 Å².